The molecule has 0 saturated heterocycles. The molecule has 26 heavy (non-hydrogen) atoms. The normalized spacial score (nSPS) is 10.6. The number of likely N-dealkylation sites (N-methyl/N-ethyl adjacent to an activating group) is 2. The zero-order chi connectivity index (χ0) is 19.7. The summed E-state index contributed by atoms with van der Waals surface area (Å²) in [6, 6.07) is 7.02. The highest BCUT2D eigenvalue weighted by molar-refractivity contribution is 5.94. The van der Waals surface area contributed by atoms with Crippen molar-refractivity contribution in [2.75, 3.05) is 46.2 Å². The molecule has 0 aliphatic carbocycles. The summed E-state index contributed by atoms with van der Waals surface area (Å²) in [6.07, 6.45) is 0. The van der Waals surface area contributed by atoms with E-state index in [0.717, 1.165) is 0 Å². The van der Waals surface area contributed by atoms with E-state index < -0.39 is 0 Å². The van der Waals surface area contributed by atoms with Gasteiger partial charge in [-0.05, 0) is 33.0 Å². The van der Waals surface area contributed by atoms with Gasteiger partial charge >= 0.3 is 0 Å². The number of amides is 3. The third-order valence-electron chi connectivity index (χ3n) is 3.43. The second-order valence-electron chi connectivity index (χ2n) is 6.42. The average molecular weight is 364 g/mol. The summed E-state index contributed by atoms with van der Waals surface area (Å²) in [5.74, 6) is -0.0674. The van der Waals surface area contributed by atoms with Crippen LogP contribution in [-0.2, 0) is 14.4 Å². The number of ether oxygens (including phenoxy) is 1. The molecular formula is C18H28N4O4. The number of hydrogen-bond acceptors (Lipinski definition) is 5. The summed E-state index contributed by atoms with van der Waals surface area (Å²) in [6.45, 7) is 3.83. The Morgan fingerprint density at radius 2 is 1.77 bits per heavy atom. The first-order chi connectivity index (χ1) is 12.2. The van der Waals surface area contributed by atoms with Gasteiger partial charge in [-0.3, -0.25) is 19.3 Å². The highest BCUT2D eigenvalue weighted by Gasteiger charge is 2.17. The Bertz CT molecular complexity index is 633. The van der Waals surface area contributed by atoms with Crippen molar-refractivity contribution in [3.05, 3.63) is 24.3 Å². The number of benzene rings is 1. The largest absolute Gasteiger partial charge is 0.497 e. The predicted molar refractivity (Wildman–Crippen MR) is 100 cm³/mol. The van der Waals surface area contributed by atoms with Gasteiger partial charge in [0.2, 0.25) is 17.7 Å². The second-order valence-corrected chi connectivity index (χ2v) is 6.42. The SMILES string of the molecule is COc1cccc(NC(=O)CN(C)C(=O)CN(C)CC(=O)NC(C)C)c1. The van der Waals surface area contributed by atoms with Gasteiger partial charge in [0.1, 0.15) is 5.75 Å². The third-order valence-corrected chi connectivity index (χ3v) is 3.43. The van der Waals surface area contributed by atoms with Crippen LogP contribution in [0.15, 0.2) is 24.3 Å². The Labute approximate surface area is 154 Å². The summed E-state index contributed by atoms with van der Waals surface area (Å²) >= 11 is 0. The molecule has 2 N–H and O–H groups in total. The lowest BCUT2D eigenvalue weighted by Gasteiger charge is -2.21. The van der Waals surface area contributed by atoms with Crippen LogP contribution < -0.4 is 15.4 Å². The van der Waals surface area contributed by atoms with Gasteiger partial charge in [0.05, 0.1) is 26.7 Å². The molecule has 1 aromatic rings. The van der Waals surface area contributed by atoms with E-state index in [-0.39, 0.29) is 43.4 Å². The van der Waals surface area contributed by atoms with Crippen LogP contribution in [0.3, 0.4) is 0 Å². The number of nitrogens with one attached hydrogen (secondary N) is 2. The Kier molecular flexibility index (Phi) is 8.57. The number of methoxy groups -OCH3 is 1. The molecule has 1 aromatic carbocycles. The lowest BCUT2D eigenvalue weighted by molar-refractivity contribution is -0.134. The molecule has 144 valence electrons. The number of hydrogen-bond donors (Lipinski definition) is 2. The molecule has 0 aliphatic rings. The first kappa shape index (κ1) is 21.4. The molecule has 0 unspecified atom stereocenters. The molecule has 0 aromatic heterocycles. The minimum atomic E-state index is -0.311. The molecule has 3 amide bonds. The first-order valence-electron chi connectivity index (χ1n) is 8.37. The van der Waals surface area contributed by atoms with Crippen molar-refractivity contribution in [1.82, 2.24) is 15.1 Å². The van der Waals surface area contributed by atoms with Crippen LogP contribution in [0, 0.1) is 0 Å². The van der Waals surface area contributed by atoms with E-state index in [0.29, 0.717) is 11.4 Å². The first-order valence-corrected chi connectivity index (χ1v) is 8.37. The molecule has 8 heteroatoms. The van der Waals surface area contributed by atoms with Crippen molar-refractivity contribution in [2.24, 2.45) is 0 Å². The van der Waals surface area contributed by atoms with Gasteiger partial charge < -0.3 is 20.3 Å². The van der Waals surface area contributed by atoms with E-state index >= 15 is 0 Å². The number of nitrogens with zero attached hydrogens (tertiary/aromatic N) is 2. The molecule has 0 atom stereocenters. The van der Waals surface area contributed by atoms with Crippen molar-refractivity contribution in [2.45, 2.75) is 19.9 Å². The zero-order valence-corrected chi connectivity index (χ0v) is 16.0. The van der Waals surface area contributed by atoms with Crippen LogP contribution in [0.2, 0.25) is 0 Å². The zero-order valence-electron chi connectivity index (χ0n) is 16.0. The van der Waals surface area contributed by atoms with Crippen LogP contribution >= 0.6 is 0 Å². The quantitative estimate of drug-likeness (QED) is 0.668. The fourth-order valence-electron chi connectivity index (χ4n) is 2.23. The standard InChI is InChI=1S/C18H28N4O4/c1-13(2)19-16(23)10-21(3)12-18(25)22(4)11-17(24)20-14-7-6-8-15(9-14)26-5/h6-9,13H,10-12H2,1-5H3,(H,19,23)(H,20,24). The molecule has 0 fully saturated rings. The molecule has 0 aliphatic heterocycles. The van der Waals surface area contributed by atoms with E-state index in [9.17, 15) is 14.4 Å². The van der Waals surface area contributed by atoms with Gasteiger partial charge in [-0.1, -0.05) is 6.07 Å². The smallest absolute Gasteiger partial charge is 0.243 e. The highest BCUT2D eigenvalue weighted by Crippen LogP contribution is 2.16. The monoisotopic (exact) mass is 364 g/mol. The van der Waals surface area contributed by atoms with Crippen LogP contribution in [-0.4, -0.2) is 74.4 Å². The molecule has 0 heterocycles. The minimum Gasteiger partial charge on any atom is -0.497 e. The maximum Gasteiger partial charge on any atom is 0.243 e. The number of carbonyl (C=O) groups excluding carboxylic acids is 3. The summed E-state index contributed by atoms with van der Waals surface area (Å²) in [5, 5.41) is 5.48. The molecule has 0 bridgehead atoms. The molecular weight excluding hydrogens is 336 g/mol. The Morgan fingerprint density at radius 1 is 1.08 bits per heavy atom. The van der Waals surface area contributed by atoms with Crippen molar-refractivity contribution < 1.29 is 19.1 Å². The van der Waals surface area contributed by atoms with E-state index in [1.807, 2.05) is 13.8 Å². The molecule has 1 rings (SSSR count). The molecule has 0 spiro atoms. The predicted octanol–water partition coefficient (Wildman–Crippen LogP) is 0.549. The summed E-state index contributed by atoms with van der Waals surface area (Å²) in [5.41, 5.74) is 0.595. The Morgan fingerprint density at radius 3 is 2.38 bits per heavy atom. The van der Waals surface area contributed by atoms with Crippen LogP contribution in [0.25, 0.3) is 0 Å². The Balaban J connectivity index is 2.45. The lowest BCUT2D eigenvalue weighted by Crippen LogP contribution is -2.44. The molecule has 0 radical (unpaired) electrons. The van der Waals surface area contributed by atoms with Gasteiger partial charge in [0, 0.05) is 24.8 Å². The minimum absolute atomic E-state index is 0.0501. The van der Waals surface area contributed by atoms with Gasteiger partial charge in [0.15, 0.2) is 0 Å². The van der Waals surface area contributed by atoms with Crippen molar-refractivity contribution in [1.29, 1.82) is 0 Å². The molecule has 0 saturated carbocycles. The van der Waals surface area contributed by atoms with Crippen LogP contribution in [0.1, 0.15) is 13.8 Å². The van der Waals surface area contributed by atoms with Gasteiger partial charge in [-0.15, -0.1) is 0 Å². The van der Waals surface area contributed by atoms with E-state index in [1.165, 1.54) is 4.90 Å². The van der Waals surface area contributed by atoms with Crippen molar-refractivity contribution >= 4 is 23.4 Å². The van der Waals surface area contributed by atoms with E-state index in [2.05, 4.69) is 10.6 Å². The lowest BCUT2D eigenvalue weighted by atomic mass is 10.3. The number of carbonyl (C=O) groups is 3. The number of rotatable bonds is 9. The third kappa shape index (κ3) is 7.98. The van der Waals surface area contributed by atoms with Gasteiger partial charge in [-0.25, -0.2) is 0 Å². The molecule has 8 nitrogen and oxygen atoms in total. The van der Waals surface area contributed by atoms with E-state index in [4.69, 9.17) is 4.74 Å². The summed E-state index contributed by atoms with van der Waals surface area (Å²) in [7, 11) is 4.78. The van der Waals surface area contributed by atoms with Gasteiger partial charge in [0.25, 0.3) is 0 Å². The summed E-state index contributed by atoms with van der Waals surface area (Å²) < 4.78 is 5.10. The summed E-state index contributed by atoms with van der Waals surface area (Å²) in [4.78, 5) is 38.9. The van der Waals surface area contributed by atoms with Crippen molar-refractivity contribution in [3.8, 4) is 5.75 Å². The topological polar surface area (TPSA) is 91.0 Å². The maximum atomic E-state index is 12.2. The van der Waals surface area contributed by atoms with Crippen molar-refractivity contribution in [3.63, 3.8) is 0 Å². The Hall–Kier alpha value is -2.61. The average Bonchev–Trinajstić information content (AvgIpc) is 2.53. The van der Waals surface area contributed by atoms with Crippen LogP contribution in [0.5, 0.6) is 5.75 Å². The number of anilines is 1. The van der Waals surface area contributed by atoms with Crippen LogP contribution in [0.4, 0.5) is 5.69 Å². The van der Waals surface area contributed by atoms with E-state index in [1.54, 1.807) is 50.4 Å². The fraction of sp³-hybridized carbons (Fsp3) is 0.500. The maximum absolute atomic E-state index is 12.2. The second kappa shape index (κ2) is 10.4. The highest BCUT2D eigenvalue weighted by atomic mass is 16.5. The van der Waals surface area contributed by atoms with Gasteiger partial charge in [-0.2, -0.15) is 0 Å². The fourth-order valence-corrected chi connectivity index (χ4v) is 2.23.